The molecule has 0 saturated carbocycles. The summed E-state index contributed by atoms with van der Waals surface area (Å²) in [6.45, 7) is 0.963. The molecule has 1 aliphatic rings. The predicted octanol–water partition coefficient (Wildman–Crippen LogP) is 0.198. The largest absolute Gasteiger partial charge is 0.398 e. The number of nitrogen functional groups attached to an aromatic ring is 1. The van der Waals surface area contributed by atoms with E-state index in [0.29, 0.717) is 19.5 Å². The second kappa shape index (κ2) is 4.61. The lowest BCUT2D eigenvalue weighted by Gasteiger charge is -2.29. The maximum absolute atomic E-state index is 11.8. The number of hydrogen-bond donors (Lipinski definition) is 1. The van der Waals surface area contributed by atoms with Gasteiger partial charge in [0.05, 0.1) is 0 Å². The highest BCUT2D eigenvalue weighted by Gasteiger charge is 2.23. The van der Waals surface area contributed by atoms with Gasteiger partial charge < -0.3 is 10.6 Å². The topological polar surface area (TPSA) is 80.5 Å². The van der Waals surface area contributed by atoms with Gasteiger partial charge in [-0.1, -0.05) is 12.1 Å². The molecule has 6 heteroatoms. The number of nitrogens with zero attached hydrogens (tertiary/aromatic N) is 1. The lowest BCUT2D eigenvalue weighted by molar-refractivity contribution is -0.129. The second-order valence-corrected chi connectivity index (χ2v) is 6.76. The zero-order valence-electron chi connectivity index (χ0n) is 10.2. The van der Waals surface area contributed by atoms with Gasteiger partial charge in [-0.15, -0.1) is 0 Å². The SMILES string of the molecule is CS(=O)(=O)CC(=O)N1CCc2c(N)cccc2C1. The summed E-state index contributed by atoms with van der Waals surface area (Å²) in [5.74, 6) is -0.768. The van der Waals surface area contributed by atoms with Crippen LogP contribution >= 0.6 is 0 Å². The molecule has 18 heavy (non-hydrogen) atoms. The summed E-state index contributed by atoms with van der Waals surface area (Å²) in [5, 5.41) is 0. The van der Waals surface area contributed by atoms with E-state index in [1.165, 1.54) is 0 Å². The number of nitrogens with two attached hydrogens (primary N) is 1. The monoisotopic (exact) mass is 268 g/mol. The molecule has 0 aromatic heterocycles. The fraction of sp³-hybridized carbons (Fsp3) is 0.417. The van der Waals surface area contributed by atoms with Crippen LogP contribution < -0.4 is 5.73 Å². The van der Waals surface area contributed by atoms with Crippen molar-refractivity contribution in [1.82, 2.24) is 4.90 Å². The summed E-state index contributed by atoms with van der Waals surface area (Å²) in [7, 11) is -3.27. The Balaban J connectivity index is 2.15. The molecule has 1 aromatic carbocycles. The highest BCUT2D eigenvalue weighted by atomic mass is 32.2. The molecular formula is C12H16N2O3S. The van der Waals surface area contributed by atoms with Crippen LogP contribution in [0.4, 0.5) is 5.69 Å². The maximum Gasteiger partial charge on any atom is 0.238 e. The Morgan fingerprint density at radius 2 is 2.17 bits per heavy atom. The number of hydrogen-bond acceptors (Lipinski definition) is 4. The molecule has 0 spiro atoms. The van der Waals surface area contributed by atoms with Gasteiger partial charge in [0.25, 0.3) is 0 Å². The van der Waals surface area contributed by atoms with Crippen molar-refractivity contribution in [3.8, 4) is 0 Å². The number of carbonyl (C=O) groups excluding carboxylic acids is 1. The van der Waals surface area contributed by atoms with Gasteiger partial charge >= 0.3 is 0 Å². The quantitative estimate of drug-likeness (QED) is 0.777. The molecule has 1 aliphatic heterocycles. The van der Waals surface area contributed by atoms with E-state index in [1.54, 1.807) is 4.90 Å². The molecular weight excluding hydrogens is 252 g/mol. The van der Waals surface area contributed by atoms with Crippen LogP contribution in [0.1, 0.15) is 11.1 Å². The number of carbonyl (C=O) groups is 1. The van der Waals surface area contributed by atoms with Gasteiger partial charge in [0.2, 0.25) is 5.91 Å². The Morgan fingerprint density at radius 3 is 2.83 bits per heavy atom. The summed E-state index contributed by atoms with van der Waals surface area (Å²) < 4.78 is 22.2. The summed E-state index contributed by atoms with van der Waals surface area (Å²) in [5.41, 5.74) is 8.68. The number of anilines is 1. The summed E-state index contributed by atoms with van der Waals surface area (Å²) in [4.78, 5) is 13.4. The van der Waals surface area contributed by atoms with Gasteiger partial charge in [-0.05, 0) is 23.6 Å². The zero-order valence-corrected chi connectivity index (χ0v) is 11.0. The van der Waals surface area contributed by atoms with Crippen molar-refractivity contribution in [1.29, 1.82) is 0 Å². The Labute approximate surface area is 107 Å². The van der Waals surface area contributed by atoms with Crippen LogP contribution in [-0.4, -0.2) is 37.8 Å². The molecule has 0 unspecified atom stereocenters. The third kappa shape index (κ3) is 2.81. The number of fused-ring (bicyclic) bond motifs is 1. The molecule has 2 rings (SSSR count). The van der Waals surface area contributed by atoms with Crippen molar-refractivity contribution in [2.75, 3.05) is 24.3 Å². The van der Waals surface area contributed by atoms with Gasteiger partial charge in [-0.25, -0.2) is 8.42 Å². The minimum absolute atomic E-state index is 0.342. The Morgan fingerprint density at radius 1 is 1.44 bits per heavy atom. The molecule has 1 amide bonds. The third-order valence-electron chi connectivity index (χ3n) is 3.04. The van der Waals surface area contributed by atoms with Crippen LogP contribution in [0, 0.1) is 0 Å². The predicted molar refractivity (Wildman–Crippen MR) is 69.7 cm³/mol. The number of benzene rings is 1. The van der Waals surface area contributed by atoms with Crippen molar-refractivity contribution in [2.45, 2.75) is 13.0 Å². The van der Waals surface area contributed by atoms with Crippen LogP contribution in [0.5, 0.6) is 0 Å². The lowest BCUT2D eigenvalue weighted by atomic mass is 9.98. The van der Waals surface area contributed by atoms with Gasteiger partial charge in [0, 0.05) is 25.0 Å². The summed E-state index contributed by atoms with van der Waals surface area (Å²) >= 11 is 0. The van der Waals surface area contributed by atoms with Crippen LogP contribution in [0.2, 0.25) is 0 Å². The molecule has 98 valence electrons. The van der Waals surface area contributed by atoms with Gasteiger partial charge in [0.1, 0.15) is 5.75 Å². The molecule has 1 heterocycles. The Bertz CT molecular complexity index is 581. The summed E-state index contributed by atoms with van der Waals surface area (Å²) in [6.07, 6.45) is 1.75. The molecule has 2 N–H and O–H groups in total. The lowest BCUT2D eigenvalue weighted by Crippen LogP contribution is -2.39. The van der Waals surface area contributed by atoms with Crippen molar-refractivity contribution >= 4 is 21.4 Å². The van der Waals surface area contributed by atoms with Crippen LogP contribution in [0.3, 0.4) is 0 Å². The number of sulfone groups is 1. The van der Waals surface area contributed by atoms with Gasteiger partial charge in [0.15, 0.2) is 9.84 Å². The first-order valence-electron chi connectivity index (χ1n) is 5.68. The minimum Gasteiger partial charge on any atom is -0.398 e. The molecule has 0 saturated heterocycles. The van der Waals surface area contributed by atoms with Gasteiger partial charge in [-0.2, -0.15) is 0 Å². The van der Waals surface area contributed by atoms with Crippen molar-refractivity contribution in [3.63, 3.8) is 0 Å². The van der Waals surface area contributed by atoms with E-state index < -0.39 is 15.6 Å². The second-order valence-electron chi connectivity index (χ2n) is 4.62. The van der Waals surface area contributed by atoms with E-state index in [2.05, 4.69) is 0 Å². The fourth-order valence-electron chi connectivity index (χ4n) is 2.17. The Kier molecular flexibility index (Phi) is 3.30. The summed E-state index contributed by atoms with van der Waals surface area (Å²) in [6, 6.07) is 5.61. The molecule has 0 radical (unpaired) electrons. The molecule has 0 fully saturated rings. The van der Waals surface area contributed by atoms with Crippen LogP contribution in [0.15, 0.2) is 18.2 Å². The molecule has 0 aliphatic carbocycles. The normalized spacial score (nSPS) is 15.3. The highest BCUT2D eigenvalue weighted by molar-refractivity contribution is 7.91. The fourth-order valence-corrected chi connectivity index (χ4v) is 2.80. The highest BCUT2D eigenvalue weighted by Crippen LogP contribution is 2.24. The van der Waals surface area contributed by atoms with E-state index >= 15 is 0 Å². The van der Waals surface area contributed by atoms with Crippen LogP contribution in [0.25, 0.3) is 0 Å². The molecule has 1 aromatic rings. The first-order valence-corrected chi connectivity index (χ1v) is 7.74. The first-order chi connectivity index (χ1) is 8.37. The average molecular weight is 268 g/mol. The standard InChI is InChI=1S/C12H16N2O3S/c1-18(16,17)8-12(15)14-6-5-10-9(7-14)3-2-4-11(10)13/h2-4H,5-8,13H2,1H3. The Hall–Kier alpha value is -1.56. The smallest absolute Gasteiger partial charge is 0.238 e. The molecule has 0 bridgehead atoms. The van der Waals surface area contributed by atoms with Crippen LogP contribution in [-0.2, 0) is 27.6 Å². The minimum atomic E-state index is -3.27. The van der Waals surface area contributed by atoms with Crippen molar-refractivity contribution < 1.29 is 13.2 Å². The van der Waals surface area contributed by atoms with E-state index in [0.717, 1.165) is 23.1 Å². The van der Waals surface area contributed by atoms with Crippen molar-refractivity contribution in [2.24, 2.45) is 0 Å². The van der Waals surface area contributed by atoms with E-state index in [4.69, 9.17) is 5.73 Å². The zero-order chi connectivity index (χ0) is 13.3. The molecule has 0 atom stereocenters. The number of amides is 1. The van der Waals surface area contributed by atoms with E-state index in [-0.39, 0.29) is 5.91 Å². The first kappa shape index (κ1) is 12.9. The average Bonchev–Trinajstić information content (AvgIpc) is 2.26. The van der Waals surface area contributed by atoms with E-state index in [9.17, 15) is 13.2 Å². The molecule has 5 nitrogen and oxygen atoms in total. The van der Waals surface area contributed by atoms with Gasteiger partial charge in [-0.3, -0.25) is 4.79 Å². The van der Waals surface area contributed by atoms with E-state index in [1.807, 2.05) is 18.2 Å². The third-order valence-corrected chi connectivity index (χ3v) is 3.81. The van der Waals surface area contributed by atoms with Crippen molar-refractivity contribution in [3.05, 3.63) is 29.3 Å². The maximum atomic E-state index is 11.8. The number of rotatable bonds is 2.